The maximum Gasteiger partial charge on any atom is 0.182 e. The van der Waals surface area contributed by atoms with Gasteiger partial charge in [0.1, 0.15) is 0 Å². The summed E-state index contributed by atoms with van der Waals surface area (Å²) in [6, 6.07) is 48.4. The minimum Gasteiger partial charge on any atom is -0.308 e. The van der Waals surface area contributed by atoms with Crippen LogP contribution in [0.15, 0.2) is 164 Å². The fraction of sp³-hybridized carbons (Fsp3) is 0. The molecule has 0 bridgehead atoms. The van der Waals surface area contributed by atoms with Gasteiger partial charge in [0.15, 0.2) is 11.6 Å². The monoisotopic (exact) mass is 629 g/mol. The Labute approximate surface area is 281 Å². The third-order valence-corrected chi connectivity index (χ3v) is 9.28. The molecule has 5 heterocycles. The van der Waals surface area contributed by atoms with Gasteiger partial charge in [0, 0.05) is 45.1 Å². The second kappa shape index (κ2) is 10.9. The van der Waals surface area contributed by atoms with Crippen LogP contribution < -0.4 is 0 Å². The lowest BCUT2D eigenvalue weighted by Crippen LogP contribution is -2.00. The van der Waals surface area contributed by atoms with Crippen LogP contribution in [-0.4, -0.2) is 33.9 Å². The van der Waals surface area contributed by atoms with E-state index in [4.69, 9.17) is 10.1 Å². The molecule has 7 nitrogen and oxygen atoms in total. The van der Waals surface area contributed by atoms with Gasteiger partial charge in [0.2, 0.25) is 0 Å². The number of aromatic nitrogens is 7. The molecule has 0 amide bonds. The Morgan fingerprint density at radius 1 is 0.408 bits per heavy atom. The van der Waals surface area contributed by atoms with Gasteiger partial charge >= 0.3 is 0 Å². The SMILES string of the molecule is c1ccc(-n2nc(-c3ccc4c5ccccc5n(-c5cccnc5)c4c3)nc2-c2ccc3c4ccccc4n(-c4cccnc4)c3c2)cc1. The van der Waals surface area contributed by atoms with Crippen molar-refractivity contribution in [1.29, 1.82) is 0 Å². The average Bonchev–Trinajstić information content (AvgIpc) is 3.86. The molecule has 0 unspecified atom stereocenters. The topological polar surface area (TPSA) is 66.3 Å². The van der Waals surface area contributed by atoms with Gasteiger partial charge < -0.3 is 9.13 Å². The highest BCUT2D eigenvalue weighted by atomic mass is 15.4. The van der Waals surface area contributed by atoms with Crippen LogP contribution in [-0.2, 0) is 0 Å². The van der Waals surface area contributed by atoms with Gasteiger partial charge in [-0.05, 0) is 60.7 Å². The van der Waals surface area contributed by atoms with E-state index in [9.17, 15) is 0 Å². The maximum atomic E-state index is 5.26. The fourth-order valence-corrected chi connectivity index (χ4v) is 7.12. The van der Waals surface area contributed by atoms with E-state index in [0.29, 0.717) is 5.82 Å². The molecule has 0 aliphatic rings. The van der Waals surface area contributed by atoms with E-state index in [1.807, 2.05) is 47.4 Å². The van der Waals surface area contributed by atoms with Gasteiger partial charge in [-0.2, -0.15) is 0 Å². The lowest BCUT2D eigenvalue weighted by Gasteiger charge is -2.09. The van der Waals surface area contributed by atoms with E-state index in [0.717, 1.165) is 56.1 Å². The summed E-state index contributed by atoms with van der Waals surface area (Å²) >= 11 is 0. The first-order valence-electron chi connectivity index (χ1n) is 16.2. The number of hydrogen-bond acceptors (Lipinski definition) is 4. The summed E-state index contributed by atoms with van der Waals surface area (Å²) < 4.78 is 6.49. The standard InChI is InChI=1S/C42H27N7/c1-2-10-30(11-3-1)49-42(29-19-21-36-34-15-5-7-17-38(34)48(40(36)25-29)32-13-9-23-44-27-32)45-41(46-49)28-18-20-35-33-14-4-6-16-37(33)47(39(35)24-28)31-12-8-22-43-26-31/h1-27H. The molecule has 0 N–H and O–H groups in total. The van der Waals surface area contributed by atoms with Crippen LogP contribution in [0.25, 0.3) is 83.4 Å². The van der Waals surface area contributed by atoms with Crippen molar-refractivity contribution in [3.8, 4) is 39.8 Å². The van der Waals surface area contributed by atoms with Crippen molar-refractivity contribution in [3.05, 3.63) is 164 Å². The van der Waals surface area contributed by atoms with Crippen LogP contribution >= 0.6 is 0 Å². The lowest BCUT2D eigenvalue weighted by molar-refractivity contribution is 0.890. The molecule has 0 radical (unpaired) electrons. The van der Waals surface area contributed by atoms with E-state index >= 15 is 0 Å². The van der Waals surface area contributed by atoms with Crippen molar-refractivity contribution in [3.63, 3.8) is 0 Å². The molecular weight excluding hydrogens is 603 g/mol. The number of para-hydroxylation sites is 3. The molecule has 5 aromatic carbocycles. The summed E-state index contributed by atoms with van der Waals surface area (Å²) in [4.78, 5) is 14.1. The zero-order chi connectivity index (χ0) is 32.3. The van der Waals surface area contributed by atoms with Crippen LogP contribution in [0.2, 0.25) is 0 Å². The zero-order valence-corrected chi connectivity index (χ0v) is 26.2. The van der Waals surface area contributed by atoms with E-state index in [-0.39, 0.29) is 0 Å². The quantitative estimate of drug-likeness (QED) is 0.190. The van der Waals surface area contributed by atoms with Gasteiger partial charge in [-0.1, -0.05) is 78.9 Å². The number of hydrogen-bond donors (Lipinski definition) is 0. The minimum atomic E-state index is 0.650. The second-order valence-corrected chi connectivity index (χ2v) is 12.1. The first kappa shape index (κ1) is 27.3. The highest BCUT2D eigenvalue weighted by molar-refractivity contribution is 6.11. The van der Waals surface area contributed by atoms with Crippen LogP contribution in [0.5, 0.6) is 0 Å². The molecule has 49 heavy (non-hydrogen) atoms. The Kier molecular flexibility index (Phi) is 6.04. The van der Waals surface area contributed by atoms with Crippen LogP contribution in [0, 0.1) is 0 Å². The van der Waals surface area contributed by atoms with Crippen molar-refractivity contribution >= 4 is 43.6 Å². The Hall–Kier alpha value is -6.86. The van der Waals surface area contributed by atoms with E-state index in [2.05, 4.69) is 128 Å². The molecule has 5 aromatic heterocycles. The fourth-order valence-electron chi connectivity index (χ4n) is 7.12. The van der Waals surface area contributed by atoms with Gasteiger partial charge in [0.05, 0.1) is 51.5 Å². The van der Waals surface area contributed by atoms with Crippen LogP contribution in [0.1, 0.15) is 0 Å². The molecular formula is C42H27N7. The predicted molar refractivity (Wildman–Crippen MR) is 196 cm³/mol. The molecule has 10 aromatic rings. The summed E-state index contributed by atoms with van der Waals surface area (Å²) in [6.45, 7) is 0. The lowest BCUT2D eigenvalue weighted by atomic mass is 10.1. The average molecular weight is 630 g/mol. The normalized spacial score (nSPS) is 11.7. The van der Waals surface area contributed by atoms with Gasteiger partial charge in [-0.15, -0.1) is 5.10 Å². The van der Waals surface area contributed by atoms with Crippen LogP contribution in [0.4, 0.5) is 0 Å². The Balaban J connectivity index is 1.20. The Bertz CT molecular complexity index is 2810. The molecule has 0 aliphatic heterocycles. The number of benzene rings is 5. The third kappa shape index (κ3) is 4.29. The first-order valence-corrected chi connectivity index (χ1v) is 16.2. The van der Waals surface area contributed by atoms with E-state index in [1.165, 1.54) is 21.5 Å². The molecule has 0 fully saturated rings. The van der Waals surface area contributed by atoms with Crippen molar-refractivity contribution in [2.24, 2.45) is 0 Å². The molecule has 10 rings (SSSR count). The van der Waals surface area contributed by atoms with E-state index < -0.39 is 0 Å². The molecule has 230 valence electrons. The van der Waals surface area contributed by atoms with Gasteiger partial charge in [-0.25, -0.2) is 9.67 Å². The largest absolute Gasteiger partial charge is 0.308 e. The predicted octanol–water partition coefficient (Wildman–Crippen LogP) is 9.59. The Morgan fingerprint density at radius 3 is 1.51 bits per heavy atom. The number of pyridine rings is 2. The highest BCUT2D eigenvalue weighted by Gasteiger charge is 2.20. The summed E-state index contributed by atoms with van der Waals surface area (Å²) in [5.74, 6) is 1.41. The smallest absolute Gasteiger partial charge is 0.182 e. The van der Waals surface area contributed by atoms with Crippen LogP contribution in [0.3, 0.4) is 0 Å². The summed E-state index contributed by atoms with van der Waals surface area (Å²) in [7, 11) is 0. The molecule has 0 saturated heterocycles. The molecule has 0 spiro atoms. The van der Waals surface area contributed by atoms with E-state index in [1.54, 1.807) is 12.4 Å². The Morgan fingerprint density at radius 2 is 0.918 bits per heavy atom. The molecule has 0 aliphatic carbocycles. The van der Waals surface area contributed by atoms with Gasteiger partial charge in [-0.3, -0.25) is 9.97 Å². The van der Waals surface area contributed by atoms with Crippen molar-refractivity contribution in [2.75, 3.05) is 0 Å². The van der Waals surface area contributed by atoms with Crippen molar-refractivity contribution in [1.82, 2.24) is 33.9 Å². The third-order valence-electron chi connectivity index (χ3n) is 9.28. The highest BCUT2D eigenvalue weighted by Crippen LogP contribution is 2.37. The maximum absolute atomic E-state index is 5.26. The minimum absolute atomic E-state index is 0.650. The van der Waals surface area contributed by atoms with Gasteiger partial charge in [0.25, 0.3) is 0 Å². The first-order chi connectivity index (χ1) is 24.3. The summed E-state index contributed by atoms with van der Waals surface area (Å²) in [6.07, 6.45) is 7.42. The number of nitrogens with zero attached hydrogens (tertiary/aromatic N) is 7. The number of fused-ring (bicyclic) bond motifs is 6. The second-order valence-electron chi connectivity index (χ2n) is 12.1. The molecule has 0 saturated carbocycles. The molecule has 7 heteroatoms. The van der Waals surface area contributed by atoms with Crippen molar-refractivity contribution < 1.29 is 0 Å². The summed E-state index contributed by atoms with van der Waals surface area (Å²) in [5.41, 5.74) is 9.27. The zero-order valence-electron chi connectivity index (χ0n) is 26.2. The molecule has 0 atom stereocenters. The van der Waals surface area contributed by atoms with Crippen molar-refractivity contribution in [2.45, 2.75) is 0 Å². The number of rotatable bonds is 5. The summed E-state index contributed by atoms with van der Waals surface area (Å²) in [5, 5.41) is 9.88.